The van der Waals surface area contributed by atoms with Gasteiger partial charge >= 0.3 is 0 Å². The molecule has 0 atom stereocenters. The largest absolute Gasteiger partial charge is 0.545 e. The van der Waals surface area contributed by atoms with E-state index in [2.05, 4.69) is 5.32 Å². The molecule has 0 heterocycles. The minimum Gasteiger partial charge on any atom is -0.545 e. The summed E-state index contributed by atoms with van der Waals surface area (Å²) in [5.74, 6) is -2.22. The number of carboxylic acids is 1. The Morgan fingerprint density at radius 1 is 1.25 bits per heavy atom. The smallest absolute Gasteiger partial charge is 0.276 e. The Balaban J connectivity index is 2.87. The first kappa shape index (κ1) is 13.1. The Morgan fingerprint density at radius 3 is 2.38 bits per heavy atom. The molecule has 0 aliphatic carbocycles. The summed E-state index contributed by atoms with van der Waals surface area (Å²) in [4.78, 5) is 21.8. The maximum atomic E-state index is 11.2. The number of anilines is 1. The van der Waals surface area contributed by atoms with Crippen LogP contribution in [0.5, 0.6) is 0 Å². The zero-order chi connectivity index (χ0) is 12.3. The lowest BCUT2D eigenvalue weighted by Crippen LogP contribution is -2.27. The van der Waals surface area contributed by atoms with Crippen molar-refractivity contribution >= 4 is 52.4 Å². The molecule has 0 spiro atoms. The summed E-state index contributed by atoms with van der Waals surface area (Å²) in [5, 5.41) is 12.8. The van der Waals surface area contributed by atoms with Crippen LogP contribution in [0, 0.1) is 0 Å². The monoisotopic (exact) mass is 280 g/mol. The van der Waals surface area contributed by atoms with Crippen molar-refractivity contribution in [2.75, 3.05) is 5.32 Å². The molecule has 1 aromatic rings. The maximum absolute atomic E-state index is 11.2. The highest BCUT2D eigenvalue weighted by Gasteiger charge is 2.30. The summed E-state index contributed by atoms with van der Waals surface area (Å²) in [6.45, 7) is 0. The number of hydrogen-bond donors (Lipinski definition) is 1. The van der Waals surface area contributed by atoms with E-state index in [0.717, 1.165) is 0 Å². The van der Waals surface area contributed by atoms with Crippen molar-refractivity contribution in [1.29, 1.82) is 0 Å². The van der Waals surface area contributed by atoms with Crippen molar-refractivity contribution in [3.05, 3.63) is 29.8 Å². The highest BCUT2D eigenvalue weighted by atomic mass is 35.6. The number of carboxylic acid groups (broad SMARTS) is 1. The molecule has 16 heavy (non-hydrogen) atoms. The number of carbonyl (C=O) groups excluding carboxylic acids is 2. The second-order valence-corrected chi connectivity index (χ2v) is 5.10. The number of hydrogen-bond acceptors (Lipinski definition) is 3. The van der Waals surface area contributed by atoms with E-state index in [4.69, 9.17) is 34.8 Å². The zero-order valence-electron chi connectivity index (χ0n) is 7.67. The molecule has 0 aromatic heterocycles. The second-order valence-electron chi connectivity index (χ2n) is 2.82. The fourth-order valence-corrected chi connectivity index (χ4v) is 1.07. The molecule has 0 aliphatic heterocycles. The fraction of sp³-hybridized carbons (Fsp3) is 0.111. The van der Waals surface area contributed by atoms with Gasteiger partial charge in [0.1, 0.15) is 0 Å². The lowest BCUT2D eigenvalue weighted by molar-refractivity contribution is -0.255. The van der Waals surface area contributed by atoms with Gasteiger partial charge in [0, 0.05) is 5.69 Å². The van der Waals surface area contributed by atoms with Crippen LogP contribution in [0.1, 0.15) is 10.4 Å². The minimum atomic E-state index is -2.10. The third-order valence-electron chi connectivity index (χ3n) is 1.61. The summed E-state index contributed by atoms with van der Waals surface area (Å²) in [7, 11) is 0. The summed E-state index contributed by atoms with van der Waals surface area (Å²) < 4.78 is -2.10. The second kappa shape index (κ2) is 4.91. The van der Waals surface area contributed by atoms with Crippen molar-refractivity contribution in [3.63, 3.8) is 0 Å². The molecule has 86 valence electrons. The number of amides is 1. The van der Waals surface area contributed by atoms with Crippen LogP contribution in [0.4, 0.5) is 5.69 Å². The van der Waals surface area contributed by atoms with Gasteiger partial charge in [-0.25, -0.2) is 0 Å². The number of alkyl halides is 3. The zero-order valence-corrected chi connectivity index (χ0v) is 9.94. The normalized spacial score (nSPS) is 10.9. The third kappa shape index (κ3) is 3.56. The third-order valence-corrected chi connectivity index (χ3v) is 2.13. The van der Waals surface area contributed by atoms with Crippen LogP contribution in [-0.4, -0.2) is 15.7 Å². The van der Waals surface area contributed by atoms with Gasteiger partial charge in [0.25, 0.3) is 9.70 Å². The first-order valence-corrected chi connectivity index (χ1v) is 5.13. The van der Waals surface area contributed by atoms with Gasteiger partial charge in [0.15, 0.2) is 0 Å². The average molecular weight is 282 g/mol. The first-order chi connectivity index (χ1) is 7.30. The van der Waals surface area contributed by atoms with Crippen LogP contribution >= 0.6 is 34.8 Å². The molecule has 1 rings (SSSR count). The van der Waals surface area contributed by atoms with E-state index in [-0.39, 0.29) is 11.3 Å². The van der Waals surface area contributed by atoms with E-state index in [9.17, 15) is 14.7 Å². The summed E-state index contributed by atoms with van der Waals surface area (Å²) >= 11 is 16.0. The lowest BCUT2D eigenvalue weighted by atomic mass is 10.2. The van der Waals surface area contributed by atoms with Crippen LogP contribution in [0.2, 0.25) is 0 Å². The van der Waals surface area contributed by atoms with Crippen LogP contribution in [0.15, 0.2) is 24.3 Å². The highest BCUT2D eigenvalue weighted by molar-refractivity contribution is 6.76. The molecule has 0 fully saturated rings. The fourth-order valence-electron chi connectivity index (χ4n) is 0.926. The van der Waals surface area contributed by atoms with Gasteiger partial charge in [-0.1, -0.05) is 46.9 Å². The summed E-state index contributed by atoms with van der Waals surface area (Å²) in [6.07, 6.45) is 0. The Kier molecular flexibility index (Phi) is 4.02. The van der Waals surface area contributed by atoms with Gasteiger partial charge in [-0.15, -0.1) is 0 Å². The van der Waals surface area contributed by atoms with E-state index in [1.807, 2.05) is 0 Å². The van der Waals surface area contributed by atoms with Crippen molar-refractivity contribution in [2.45, 2.75) is 3.79 Å². The van der Waals surface area contributed by atoms with E-state index >= 15 is 0 Å². The van der Waals surface area contributed by atoms with Gasteiger partial charge in [0.05, 0.1) is 5.97 Å². The number of rotatable bonds is 2. The van der Waals surface area contributed by atoms with Crippen LogP contribution < -0.4 is 10.4 Å². The predicted molar refractivity (Wildman–Crippen MR) is 59.7 cm³/mol. The highest BCUT2D eigenvalue weighted by Crippen LogP contribution is 2.27. The Bertz CT molecular complexity index is 428. The number of nitrogens with one attached hydrogen (secondary N) is 1. The maximum Gasteiger partial charge on any atom is 0.276 e. The predicted octanol–water partition coefficient (Wildman–Crippen LogP) is 1.36. The van der Waals surface area contributed by atoms with Gasteiger partial charge < -0.3 is 15.2 Å². The average Bonchev–Trinajstić information content (AvgIpc) is 2.16. The molecule has 1 amide bonds. The molecule has 0 radical (unpaired) electrons. The number of aromatic carboxylic acids is 1. The van der Waals surface area contributed by atoms with Gasteiger partial charge in [-0.05, 0) is 17.7 Å². The molecule has 4 nitrogen and oxygen atoms in total. The van der Waals surface area contributed by atoms with Crippen molar-refractivity contribution < 1.29 is 14.7 Å². The molecular formula is C9H5Cl3NO3-. The molecule has 1 N–H and O–H groups in total. The Labute approximate surface area is 106 Å². The molecule has 0 saturated heterocycles. The van der Waals surface area contributed by atoms with E-state index in [1.54, 1.807) is 0 Å². The van der Waals surface area contributed by atoms with E-state index in [0.29, 0.717) is 0 Å². The molecular weight excluding hydrogens is 276 g/mol. The van der Waals surface area contributed by atoms with Gasteiger partial charge in [-0.2, -0.15) is 0 Å². The number of benzene rings is 1. The first-order valence-electron chi connectivity index (χ1n) is 4.00. The molecule has 0 aliphatic rings. The van der Waals surface area contributed by atoms with E-state index in [1.165, 1.54) is 24.3 Å². The Morgan fingerprint density at radius 2 is 1.88 bits per heavy atom. The van der Waals surface area contributed by atoms with Crippen LogP contribution in [0.25, 0.3) is 0 Å². The molecule has 0 unspecified atom stereocenters. The van der Waals surface area contributed by atoms with Crippen molar-refractivity contribution in [3.8, 4) is 0 Å². The topological polar surface area (TPSA) is 69.2 Å². The minimum absolute atomic E-state index is 0.0814. The van der Waals surface area contributed by atoms with Crippen molar-refractivity contribution in [2.24, 2.45) is 0 Å². The number of halogens is 3. The standard InChI is InChI=1S/C9H6Cl3NO3/c10-9(11,12)8(16)13-6-3-1-2-5(4-6)7(14)15/h1-4H,(H,13,16)(H,14,15)/p-1. The quantitative estimate of drug-likeness (QED) is 0.832. The van der Waals surface area contributed by atoms with Crippen LogP contribution in [0.3, 0.4) is 0 Å². The van der Waals surface area contributed by atoms with Crippen molar-refractivity contribution in [1.82, 2.24) is 0 Å². The van der Waals surface area contributed by atoms with E-state index < -0.39 is 15.7 Å². The Hall–Kier alpha value is -0.970. The van der Waals surface area contributed by atoms with Crippen LogP contribution in [-0.2, 0) is 4.79 Å². The lowest BCUT2D eigenvalue weighted by Gasteiger charge is -2.12. The summed E-state index contributed by atoms with van der Waals surface area (Å²) in [5.41, 5.74) is 0.125. The molecule has 0 saturated carbocycles. The summed E-state index contributed by atoms with van der Waals surface area (Å²) in [6, 6.07) is 5.41. The van der Waals surface area contributed by atoms with Gasteiger partial charge in [0.2, 0.25) is 0 Å². The number of carbonyl (C=O) groups is 2. The van der Waals surface area contributed by atoms with Gasteiger partial charge in [-0.3, -0.25) is 4.79 Å². The molecule has 0 bridgehead atoms. The molecule has 7 heteroatoms. The molecule has 1 aromatic carbocycles. The SMILES string of the molecule is O=C([O-])c1cccc(NC(=O)C(Cl)(Cl)Cl)c1.